The summed E-state index contributed by atoms with van der Waals surface area (Å²) in [7, 11) is 3.50. The van der Waals surface area contributed by atoms with Gasteiger partial charge in [0.15, 0.2) is 5.82 Å². The Bertz CT molecular complexity index is 725. The Hall–Kier alpha value is -2.44. The highest BCUT2D eigenvalue weighted by molar-refractivity contribution is 5.91. The van der Waals surface area contributed by atoms with Crippen LogP contribution in [0.25, 0.3) is 0 Å². The van der Waals surface area contributed by atoms with Gasteiger partial charge in [-0.1, -0.05) is 24.3 Å². The van der Waals surface area contributed by atoms with E-state index in [0.29, 0.717) is 12.4 Å². The SMILES string of the molecule is COc1cc(C2(C(=O)N(C)C[C@H](C)c3nn[nH]n3)CC2)ccc1C. The molecule has 1 saturated carbocycles. The Kier molecular flexibility index (Phi) is 4.26. The highest BCUT2D eigenvalue weighted by atomic mass is 16.5. The molecule has 1 atom stereocenters. The van der Waals surface area contributed by atoms with E-state index in [-0.39, 0.29) is 11.8 Å². The molecule has 1 fully saturated rings. The van der Waals surface area contributed by atoms with Gasteiger partial charge in [-0.3, -0.25) is 4.79 Å². The summed E-state index contributed by atoms with van der Waals surface area (Å²) in [6.07, 6.45) is 1.75. The minimum absolute atomic E-state index is 0.0288. The maximum atomic E-state index is 13.0. The van der Waals surface area contributed by atoms with Crippen molar-refractivity contribution in [3.63, 3.8) is 0 Å². The highest BCUT2D eigenvalue weighted by Crippen LogP contribution is 2.50. The molecule has 1 heterocycles. The summed E-state index contributed by atoms with van der Waals surface area (Å²) in [6, 6.07) is 6.05. The molecule has 0 bridgehead atoms. The quantitative estimate of drug-likeness (QED) is 0.874. The molecule has 0 saturated heterocycles. The first kappa shape index (κ1) is 16.4. The second-order valence-corrected chi connectivity index (χ2v) is 6.62. The first-order valence-electron chi connectivity index (χ1n) is 8.12. The number of aromatic nitrogens is 4. The molecule has 1 N–H and O–H groups in total. The number of likely N-dealkylation sites (N-methyl/N-ethyl adjacent to an activating group) is 1. The lowest BCUT2D eigenvalue weighted by Crippen LogP contribution is -2.38. The van der Waals surface area contributed by atoms with Crippen LogP contribution in [0.1, 0.15) is 42.6 Å². The van der Waals surface area contributed by atoms with Gasteiger partial charge in [0.2, 0.25) is 5.91 Å². The number of carbonyl (C=O) groups is 1. The van der Waals surface area contributed by atoms with Gasteiger partial charge in [-0.25, -0.2) is 0 Å². The van der Waals surface area contributed by atoms with Crippen molar-refractivity contribution in [1.82, 2.24) is 25.5 Å². The number of benzene rings is 1. The van der Waals surface area contributed by atoms with E-state index in [4.69, 9.17) is 4.74 Å². The summed E-state index contributed by atoms with van der Waals surface area (Å²) in [4.78, 5) is 14.8. The fraction of sp³-hybridized carbons (Fsp3) is 0.529. The van der Waals surface area contributed by atoms with Gasteiger partial charge >= 0.3 is 0 Å². The first-order valence-corrected chi connectivity index (χ1v) is 8.12. The van der Waals surface area contributed by atoms with Crippen LogP contribution < -0.4 is 4.74 Å². The predicted octanol–water partition coefficient (Wildman–Crippen LogP) is 1.81. The number of aryl methyl sites for hydroxylation is 1. The maximum Gasteiger partial charge on any atom is 0.232 e. The molecule has 1 amide bonds. The molecule has 1 aromatic carbocycles. The van der Waals surface area contributed by atoms with E-state index >= 15 is 0 Å². The Balaban J connectivity index is 1.76. The molecule has 1 aliphatic carbocycles. The molecule has 1 aliphatic rings. The van der Waals surface area contributed by atoms with Crippen LogP contribution in [-0.4, -0.2) is 52.1 Å². The van der Waals surface area contributed by atoms with Gasteiger partial charge in [0, 0.05) is 19.5 Å². The van der Waals surface area contributed by atoms with Crippen molar-refractivity contribution >= 4 is 5.91 Å². The van der Waals surface area contributed by atoms with E-state index in [1.165, 1.54) is 0 Å². The molecule has 3 rings (SSSR count). The van der Waals surface area contributed by atoms with Crippen LogP contribution in [-0.2, 0) is 10.2 Å². The Morgan fingerprint density at radius 1 is 1.46 bits per heavy atom. The number of aromatic amines is 1. The molecule has 24 heavy (non-hydrogen) atoms. The van der Waals surface area contributed by atoms with Crippen LogP contribution in [0.15, 0.2) is 18.2 Å². The summed E-state index contributed by atoms with van der Waals surface area (Å²) in [5, 5.41) is 14.0. The van der Waals surface area contributed by atoms with Crippen molar-refractivity contribution in [3.05, 3.63) is 35.2 Å². The number of hydrogen-bond acceptors (Lipinski definition) is 5. The second-order valence-electron chi connectivity index (χ2n) is 6.62. The fourth-order valence-electron chi connectivity index (χ4n) is 3.19. The zero-order chi connectivity index (χ0) is 17.3. The molecule has 0 aliphatic heterocycles. The predicted molar refractivity (Wildman–Crippen MR) is 88.9 cm³/mol. The van der Waals surface area contributed by atoms with E-state index in [1.54, 1.807) is 12.0 Å². The largest absolute Gasteiger partial charge is 0.496 e. The summed E-state index contributed by atoms with van der Waals surface area (Å²) in [5.74, 6) is 1.62. The van der Waals surface area contributed by atoms with Crippen LogP contribution in [0.2, 0.25) is 0 Å². The summed E-state index contributed by atoms with van der Waals surface area (Å²) in [5.41, 5.74) is 1.70. The average molecular weight is 329 g/mol. The van der Waals surface area contributed by atoms with E-state index in [9.17, 15) is 4.79 Å². The van der Waals surface area contributed by atoms with Crippen molar-refractivity contribution in [3.8, 4) is 5.75 Å². The zero-order valence-electron chi connectivity index (χ0n) is 14.5. The number of methoxy groups -OCH3 is 1. The lowest BCUT2D eigenvalue weighted by molar-refractivity contribution is -0.132. The van der Waals surface area contributed by atoms with Gasteiger partial charge in [-0.15, -0.1) is 10.2 Å². The molecular weight excluding hydrogens is 306 g/mol. The normalized spacial score (nSPS) is 16.5. The number of carbonyl (C=O) groups excluding carboxylic acids is 1. The third-order valence-electron chi connectivity index (χ3n) is 4.82. The molecule has 0 unspecified atom stereocenters. The van der Waals surface area contributed by atoms with Crippen molar-refractivity contribution in [1.29, 1.82) is 0 Å². The third-order valence-corrected chi connectivity index (χ3v) is 4.82. The van der Waals surface area contributed by atoms with Gasteiger partial charge in [0.05, 0.1) is 12.5 Å². The zero-order valence-corrected chi connectivity index (χ0v) is 14.5. The monoisotopic (exact) mass is 329 g/mol. The lowest BCUT2D eigenvalue weighted by Gasteiger charge is -2.26. The van der Waals surface area contributed by atoms with E-state index in [0.717, 1.165) is 29.7 Å². The Morgan fingerprint density at radius 2 is 2.21 bits per heavy atom. The molecule has 0 spiro atoms. The van der Waals surface area contributed by atoms with Crippen LogP contribution in [0, 0.1) is 6.92 Å². The van der Waals surface area contributed by atoms with Crippen LogP contribution in [0.3, 0.4) is 0 Å². The van der Waals surface area contributed by atoms with E-state index in [2.05, 4.69) is 20.6 Å². The van der Waals surface area contributed by atoms with Crippen molar-refractivity contribution in [2.24, 2.45) is 0 Å². The first-order chi connectivity index (χ1) is 11.5. The topological polar surface area (TPSA) is 84.0 Å². The van der Waals surface area contributed by atoms with Gasteiger partial charge < -0.3 is 9.64 Å². The number of nitrogens with zero attached hydrogens (tertiary/aromatic N) is 4. The molecule has 0 radical (unpaired) electrons. The number of hydrogen-bond donors (Lipinski definition) is 1. The van der Waals surface area contributed by atoms with Crippen LogP contribution >= 0.6 is 0 Å². The molecular formula is C17H23N5O2. The summed E-state index contributed by atoms with van der Waals surface area (Å²) in [6.45, 7) is 4.55. The van der Waals surface area contributed by atoms with Gasteiger partial charge in [-0.05, 0) is 37.0 Å². The van der Waals surface area contributed by atoms with Gasteiger partial charge in [-0.2, -0.15) is 5.21 Å². The molecule has 128 valence electrons. The number of rotatable bonds is 6. The lowest BCUT2D eigenvalue weighted by atomic mass is 9.93. The Morgan fingerprint density at radius 3 is 2.79 bits per heavy atom. The van der Waals surface area contributed by atoms with Gasteiger partial charge in [0.1, 0.15) is 5.75 Å². The van der Waals surface area contributed by atoms with Crippen molar-refractivity contribution in [2.45, 2.75) is 38.0 Å². The maximum absolute atomic E-state index is 13.0. The standard InChI is InChI=1S/C17H23N5O2/c1-11-5-6-13(9-14(11)24-4)17(7-8-17)16(23)22(3)10-12(2)15-18-20-21-19-15/h5-6,9,12H,7-8,10H2,1-4H3,(H,18,19,20,21)/t12-/m0/s1. The number of H-pyrrole nitrogens is 1. The Labute approximate surface area is 141 Å². The number of nitrogens with one attached hydrogen (secondary N) is 1. The molecule has 2 aromatic rings. The number of ether oxygens (including phenoxy) is 1. The molecule has 1 aromatic heterocycles. The number of tetrazole rings is 1. The second kappa shape index (κ2) is 6.22. The van der Waals surface area contributed by atoms with Gasteiger partial charge in [0.25, 0.3) is 0 Å². The summed E-state index contributed by atoms with van der Waals surface area (Å²) >= 11 is 0. The highest BCUT2D eigenvalue weighted by Gasteiger charge is 2.52. The van der Waals surface area contributed by atoms with E-state index < -0.39 is 5.41 Å². The minimum atomic E-state index is -0.410. The van der Waals surface area contributed by atoms with Crippen molar-refractivity contribution < 1.29 is 9.53 Å². The minimum Gasteiger partial charge on any atom is -0.496 e. The van der Waals surface area contributed by atoms with E-state index in [1.807, 2.05) is 39.1 Å². The molecule has 7 nitrogen and oxygen atoms in total. The molecule has 7 heteroatoms. The fourth-order valence-corrected chi connectivity index (χ4v) is 3.19. The van der Waals surface area contributed by atoms with Crippen LogP contribution in [0.4, 0.5) is 0 Å². The average Bonchev–Trinajstić information content (AvgIpc) is 3.19. The smallest absolute Gasteiger partial charge is 0.232 e. The van der Waals surface area contributed by atoms with Crippen molar-refractivity contribution in [2.75, 3.05) is 20.7 Å². The van der Waals surface area contributed by atoms with Crippen LogP contribution in [0.5, 0.6) is 5.75 Å². The third kappa shape index (κ3) is 2.86. The number of amides is 1. The summed E-state index contributed by atoms with van der Waals surface area (Å²) < 4.78 is 5.41.